The van der Waals surface area contributed by atoms with Crippen molar-refractivity contribution >= 4 is 16.8 Å². The molecule has 4 saturated heterocycles. The number of benzene rings is 1. The standard InChI is InChI=1S/C17H20N4O2/c1-23-11-2-3-13-14(6-11)18-19-16(13)17(22)21-8-10-7-20-5-4-12(10)15(21)9-20/h2-3,6,10,12,15H,4-5,7-9H2,1H3,(H,18,19)/t10-,12?,15-/m0/s1. The van der Waals surface area contributed by atoms with Crippen LogP contribution in [0.25, 0.3) is 10.9 Å². The number of nitrogens with zero attached hydrogens (tertiary/aromatic N) is 3. The van der Waals surface area contributed by atoms with Crippen molar-refractivity contribution in [2.45, 2.75) is 12.5 Å². The monoisotopic (exact) mass is 312 g/mol. The van der Waals surface area contributed by atoms with E-state index in [2.05, 4.69) is 20.0 Å². The van der Waals surface area contributed by atoms with Crippen molar-refractivity contribution < 1.29 is 9.53 Å². The lowest BCUT2D eigenvalue weighted by atomic mass is 9.80. The zero-order valence-corrected chi connectivity index (χ0v) is 13.2. The van der Waals surface area contributed by atoms with Crippen LogP contribution in [0.3, 0.4) is 0 Å². The Labute approximate surface area is 134 Å². The first-order chi connectivity index (χ1) is 11.2. The first-order valence-corrected chi connectivity index (χ1v) is 8.30. The van der Waals surface area contributed by atoms with Crippen molar-refractivity contribution in [1.82, 2.24) is 20.0 Å². The molecule has 6 nitrogen and oxygen atoms in total. The van der Waals surface area contributed by atoms with Gasteiger partial charge in [0, 0.05) is 37.1 Å². The normalized spacial score (nSPS) is 31.8. The predicted octanol–water partition coefficient (Wildman–Crippen LogP) is 1.35. The molecule has 4 fully saturated rings. The molecule has 0 aliphatic carbocycles. The average molecular weight is 312 g/mol. The van der Waals surface area contributed by atoms with Gasteiger partial charge in [0.1, 0.15) is 5.75 Å². The number of carbonyl (C=O) groups is 1. The number of hydrogen-bond acceptors (Lipinski definition) is 4. The molecule has 4 atom stereocenters. The number of fused-ring (bicyclic) bond motifs is 2. The van der Waals surface area contributed by atoms with Crippen LogP contribution in [0, 0.1) is 11.8 Å². The zero-order chi connectivity index (χ0) is 15.6. The van der Waals surface area contributed by atoms with Crippen molar-refractivity contribution in [3.8, 4) is 5.75 Å². The number of nitrogens with one attached hydrogen (secondary N) is 1. The molecule has 1 aromatic carbocycles. The van der Waals surface area contributed by atoms with Crippen LogP contribution in [0.15, 0.2) is 18.2 Å². The minimum atomic E-state index is 0.0719. The quantitative estimate of drug-likeness (QED) is 0.909. The molecule has 1 aromatic heterocycles. The number of ether oxygens (including phenoxy) is 1. The maximum absolute atomic E-state index is 13.1. The van der Waals surface area contributed by atoms with Gasteiger partial charge in [-0.15, -0.1) is 0 Å². The van der Waals surface area contributed by atoms with E-state index in [1.165, 1.54) is 13.0 Å². The van der Waals surface area contributed by atoms with Crippen LogP contribution < -0.4 is 4.74 Å². The Kier molecular flexibility index (Phi) is 2.74. The zero-order valence-electron chi connectivity index (χ0n) is 13.2. The summed E-state index contributed by atoms with van der Waals surface area (Å²) in [7, 11) is 1.64. The van der Waals surface area contributed by atoms with Crippen LogP contribution >= 0.6 is 0 Å². The van der Waals surface area contributed by atoms with E-state index < -0.39 is 0 Å². The van der Waals surface area contributed by atoms with Gasteiger partial charge in [-0.05, 0) is 36.9 Å². The molecule has 0 spiro atoms. The van der Waals surface area contributed by atoms with E-state index in [9.17, 15) is 4.79 Å². The molecule has 6 rings (SSSR count). The number of H-pyrrole nitrogens is 1. The Bertz CT molecular complexity index is 786. The predicted molar refractivity (Wildman–Crippen MR) is 85.5 cm³/mol. The highest BCUT2D eigenvalue weighted by Gasteiger charge is 2.51. The molecule has 1 N–H and O–H groups in total. The number of amides is 1. The van der Waals surface area contributed by atoms with Crippen LogP contribution in [0.4, 0.5) is 0 Å². The van der Waals surface area contributed by atoms with Crippen LogP contribution in [0.1, 0.15) is 16.9 Å². The summed E-state index contributed by atoms with van der Waals surface area (Å²) in [6, 6.07) is 6.06. The lowest BCUT2D eigenvalue weighted by Gasteiger charge is -2.44. The lowest BCUT2D eigenvalue weighted by Crippen LogP contribution is -2.54. The fourth-order valence-corrected chi connectivity index (χ4v) is 4.77. The number of aromatic amines is 1. The molecule has 4 aliphatic rings. The van der Waals surface area contributed by atoms with Crippen LogP contribution in [0.5, 0.6) is 5.75 Å². The van der Waals surface area contributed by atoms with E-state index in [1.54, 1.807) is 7.11 Å². The number of piperidine rings is 3. The lowest BCUT2D eigenvalue weighted by molar-refractivity contribution is 0.0420. The molecule has 4 aliphatic heterocycles. The average Bonchev–Trinajstić information content (AvgIpc) is 3.13. The van der Waals surface area contributed by atoms with Crippen molar-refractivity contribution in [2.75, 3.05) is 33.3 Å². The summed E-state index contributed by atoms with van der Waals surface area (Å²) >= 11 is 0. The van der Waals surface area contributed by atoms with Crippen LogP contribution in [-0.4, -0.2) is 65.2 Å². The first-order valence-electron chi connectivity index (χ1n) is 8.30. The highest BCUT2D eigenvalue weighted by Crippen LogP contribution is 2.42. The largest absolute Gasteiger partial charge is 0.497 e. The van der Waals surface area contributed by atoms with Gasteiger partial charge in [-0.1, -0.05) is 0 Å². The molecule has 6 heteroatoms. The molecule has 5 heterocycles. The number of aromatic nitrogens is 2. The minimum Gasteiger partial charge on any atom is -0.497 e. The van der Waals surface area contributed by atoms with E-state index in [0.29, 0.717) is 23.6 Å². The summed E-state index contributed by atoms with van der Waals surface area (Å²) in [5, 5.41) is 8.16. The third-order valence-electron chi connectivity index (χ3n) is 5.88. The van der Waals surface area contributed by atoms with Gasteiger partial charge in [-0.2, -0.15) is 5.10 Å². The van der Waals surface area contributed by atoms with Gasteiger partial charge in [-0.25, -0.2) is 0 Å². The molecule has 120 valence electrons. The Balaban J connectivity index is 1.49. The van der Waals surface area contributed by atoms with Gasteiger partial charge in [0.05, 0.1) is 12.6 Å². The summed E-state index contributed by atoms with van der Waals surface area (Å²) in [5.74, 6) is 2.18. The topological polar surface area (TPSA) is 61.5 Å². The number of hydrogen-bond donors (Lipinski definition) is 1. The third-order valence-corrected chi connectivity index (χ3v) is 5.88. The molecule has 4 bridgehead atoms. The van der Waals surface area contributed by atoms with Crippen molar-refractivity contribution in [2.24, 2.45) is 11.8 Å². The Morgan fingerprint density at radius 2 is 2.26 bits per heavy atom. The summed E-state index contributed by atoms with van der Waals surface area (Å²) in [5.41, 5.74) is 1.39. The summed E-state index contributed by atoms with van der Waals surface area (Å²) in [4.78, 5) is 17.7. The summed E-state index contributed by atoms with van der Waals surface area (Å²) < 4.78 is 5.23. The molecule has 2 aromatic rings. The molecular formula is C17H20N4O2. The number of likely N-dealkylation sites (tertiary alicyclic amines) is 1. The van der Waals surface area contributed by atoms with Gasteiger partial charge in [0.2, 0.25) is 0 Å². The fourth-order valence-electron chi connectivity index (χ4n) is 4.77. The number of carbonyl (C=O) groups excluding carboxylic acids is 1. The van der Waals surface area contributed by atoms with E-state index in [1.807, 2.05) is 18.2 Å². The third kappa shape index (κ3) is 1.84. The Hall–Kier alpha value is -2.08. The van der Waals surface area contributed by atoms with E-state index in [4.69, 9.17) is 4.74 Å². The second-order valence-corrected chi connectivity index (χ2v) is 6.98. The first kappa shape index (κ1) is 13.4. The summed E-state index contributed by atoms with van der Waals surface area (Å²) in [6.45, 7) is 4.27. The number of methoxy groups -OCH3 is 1. The van der Waals surface area contributed by atoms with E-state index in [0.717, 1.165) is 36.3 Å². The molecule has 1 amide bonds. The van der Waals surface area contributed by atoms with Crippen molar-refractivity contribution in [3.63, 3.8) is 0 Å². The van der Waals surface area contributed by atoms with Crippen molar-refractivity contribution in [3.05, 3.63) is 23.9 Å². The molecular weight excluding hydrogens is 292 g/mol. The summed E-state index contributed by atoms with van der Waals surface area (Å²) in [6.07, 6.45) is 1.23. The maximum atomic E-state index is 13.1. The molecule has 23 heavy (non-hydrogen) atoms. The maximum Gasteiger partial charge on any atom is 0.275 e. The molecule has 0 saturated carbocycles. The van der Waals surface area contributed by atoms with E-state index in [-0.39, 0.29) is 5.91 Å². The van der Waals surface area contributed by atoms with Crippen LogP contribution in [0.2, 0.25) is 0 Å². The van der Waals surface area contributed by atoms with Gasteiger partial charge >= 0.3 is 0 Å². The van der Waals surface area contributed by atoms with Gasteiger partial charge in [0.15, 0.2) is 5.69 Å². The van der Waals surface area contributed by atoms with Gasteiger partial charge in [0.25, 0.3) is 5.91 Å². The van der Waals surface area contributed by atoms with Gasteiger partial charge in [-0.3, -0.25) is 9.89 Å². The second-order valence-electron chi connectivity index (χ2n) is 6.98. The fraction of sp³-hybridized carbons (Fsp3) is 0.529. The Morgan fingerprint density at radius 1 is 1.35 bits per heavy atom. The Morgan fingerprint density at radius 3 is 3.04 bits per heavy atom. The van der Waals surface area contributed by atoms with Crippen LogP contribution in [-0.2, 0) is 0 Å². The van der Waals surface area contributed by atoms with E-state index >= 15 is 0 Å². The van der Waals surface area contributed by atoms with Gasteiger partial charge < -0.3 is 14.5 Å². The highest BCUT2D eigenvalue weighted by atomic mass is 16.5. The minimum absolute atomic E-state index is 0.0719. The number of rotatable bonds is 2. The second kappa shape index (κ2) is 4.71. The molecule has 0 radical (unpaired) electrons. The highest BCUT2D eigenvalue weighted by molar-refractivity contribution is 6.05. The van der Waals surface area contributed by atoms with Crippen molar-refractivity contribution in [1.29, 1.82) is 0 Å². The SMILES string of the molecule is COc1ccc2c(C(=O)N3C[C@@H]4CN5CCC4[C@@H]3C5)n[nH]c2c1. The smallest absolute Gasteiger partial charge is 0.275 e. The molecule has 2 unspecified atom stereocenters.